The first-order chi connectivity index (χ1) is 20.9. The molecule has 0 unspecified atom stereocenters. The van der Waals surface area contributed by atoms with Crippen molar-refractivity contribution in [2.45, 2.75) is 12.8 Å². The van der Waals surface area contributed by atoms with E-state index >= 15 is 0 Å². The van der Waals surface area contributed by atoms with Gasteiger partial charge >= 0.3 is 6.03 Å². The molecule has 3 aromatic heterocycles. The number of rotatable bonds is 7. The summed E-state index contributed by atoms with van der Waals surface area (Å²) >= 11 is 0. The Balaban J connectivity index is 1.21. The van der Waals surface area contributed by atoms with Crippen LogP contribution in [0.1, 0.15) is 28.8 Å². The van der Waals surface area contributed by atoms with Gasteiger partial charge in [-0.25, -0.2) is 9.78 Å². The van der Waals surface area contributed by atoms with Gasteiger partial charge in [-0.05, 0) is 55.3 Å². The molecule has 1 aromatic carbocycles. The number of nitrogens with zero attached hydrogens (tertiary/aromatic N) is 4. The van der Waals surface area contributed by atoms with Crippen molar-refractivity contribution in [1.82, 2.24) is 19.9 Å². The molecule has 0 aliphatic carbocycles. The monoisotopic (exact) mass is 581 g/mol. The van der Waals surface area contributed by atoms with E-state index in [-0.39, 0.29) is 36.5 Å². The summed E-state index contributed by atoms with van der Waals surface area (Å²) in [7, 11) is 1.90. The van der Waals surface area contributed by atoms with Crippen molar-refractivity contribution < 1.29 is 24.2 Å². The standard InChI is InChI=1S/C31H31N7O5/c1-37-18-20(27-24(6-10-33-29(27)37)38-12-7-19(8-13-38)30(41)34-11-14-39)15-26-28(40)23-16-21(4-5-25(23)43-26)35-31(42)36-22-3-2-9-32-17-22/h2-6,9-10,15-19,39H,7-8,11-14H2,1H3,(H,34,41)(H2,35,36,42). The number of ketones is 1. The number of ether oxygens (including phenoxy) is 1. The first-order valence-electron chi connectivity index (χ1n) is 14.0. The molecule has 2 aliphatic rings. The maximum atomic E-state index is 13.4. The number of urea groups is 1. The summed E-state index contributed by atoms with van der Waals surface area (Å²) in [6, 6.07) is 9.86. The molecule has 0 saturated carbocycles. The Morgan fingerprint density at radius 2 is 1.93 bits per heavy atom. The smallest absolute Gasteiger partial charge is 0.323 e. The van der Waals surface area contributed by atoms with E-state index in [1.54, 1.807) is 48.8 Å². The zero-order valence-electron chi connectivity index (χ0n) is 23.5. The summed E-state index contributed by atoms with van der Waals surface area (Å²) in [6.45, 7) is 1.56. The lowest BCUT2D eigenvalue weighted by atomic mass is 9.95. The fraction of sp³-hybridized carbons (Fsp3) is 0.258. The van der Waals surface area contributed by atoms with E-state index in [0.717, 1.165) is 22.3 Å². The Hall–Kier alpha value is -5.23. The van der Waals surface area contributed by atoms with Crippen LogP contribution >= 0.6 is 0 Å². The highest BCUT2D eigenvalue weighted by atomic mass is 16.5. The molecule has 5 heterocycles. The quantitative estimate of drug-likeness (QED) is 0.242. The van der Waals surface area contributed by atoms with Gasteiger partial charge in [0.05, 0.1) is 24.1 Å². The molecule has 0 bridgehead atoms. The van der Waals surface area contributed by atoms with Gasteiger partial charge in [0.15, 0.2) is 5.76 Å². The lowest BCUT2D eigenvalue weighted by Gasteiger charge is -2.33. The van der Waals surface area contributed by atoms with Crippen LogP contribution < -0.4 is 25.6 Å². The predicted octanol–water partition coefficient (Wildman–Crippen LogP) is 3.55. The Morgan fingerprint density at radius 1 is 1.12 bits per heavy atom. The van der Waals surface area contributed by atoms with Crippen LogP contribution in [0.5, 0.6) is 5.75 Å². The van der Waals surface area contributed by atoms with Gasteiger partial charge < -0.3 is 35.3 Å². The van der Waals surface area contributed by atoms with Crippen LogP contribution in [0.2, 0.25) is 0 Å². The molecule has 2 aliphatic heterocycles. The van der Waals surface area contributed by atoms with Crippen LogP contribution in [0.4, 0.5) is 21.9 Å². The fourth-order valence-corrected chi connectivity index (χ4v) is 5.54. The number of allylic oxidation sites excluding steroid dienone is 1. The second-order valence-corrected chi connectivity index (χ2v) is 10.5. The van der Waals surface area contributed by atoms with Crippen LogP contribution in [0.3, 0.4) is 0 Å². The maximum Gasteiger partial charge on any atom is 0.323 e. The number of Topliss-reactive ketones (excluding diaryl/α,β-unsaturated/α-hetero) is 1. The highest BCUT2D eigenvalue weighted by molar-refractivity contribution is 6.16. The zero-order chi connectivity index (χ0) is 29.9. The van der Waals surface area contributed by atoms with E-state index in [1.807, 2.05) is 23.9 Å². The Bertz CT molecular complexity index is 1730. The molecule has 220 valence electrons. The number of aryl methyl sites for hydroxylation is 1. The van der Waals surface area contributed by atoms with Gasteiger partial charge in [-0.3, -0.25) is 14.6 Å². The highest BCUT2D eigenvalue weighted by Crippen LogP contribution is 2.37. The molecular weight excluding hydrogens is 550 g/mol. The average molecular weight is 582 g/mol. The van der Waals surface area contributed by atoms with Gasteiger partial charge in [-0.1, -0.05) is 0 Å². The molecule has 12 nitrogen and oxygen atoms in total. The number of benzene rings is 1. The third-order valence-electron chi connectivity index (χ3n) is 7.61. The van der Waals surface area contributed by atoms with E-state index in [0.29, 0.717) is 48.6 Å². The molecule has 4 aromatic rings. The predicted molar refractivity (Wildman–Crippen MR) is 162 cm³/mol. The van der Waals surface area contributed by atoms with Crippen LogP contribution in [-0.4, -0.2) is 63.6 Å². The molecule has 1 saturated heterocycles. The Labute approximate surface area is 247 Å². The summed E-state index contributed by atoms with van der Waals surface area (Å²) in [6.07, 6.45) is 9.94. The molecular formula is C31H31N7O5. The van der Waals surface area contributed by atoms with E-state index in [1.165, 1.54) is 6.20 Å². The summed E-state index contributed by atoms with van der Waals surface area (Å²) < 4.78 is 7.88. The molecule has 1 fully saturated rings. The number of aliphatic hydroxyl groups is 1. The fourth-order valence-electron chi connectivity index (χ4n) is 5.54. The summed E-state index contributed by atoms with van der Waals surface area (Å²) in [5, 5.41) is 18.1. The number of carbonyl (C=O) groups is 3. The number of hydrogen-bond donors (Lipinski definition) is 4. The average Bonchev–Trinajstić information content (AvgIpc) is 3.51. The van der Waals surface area contributed by atoms with Crippen LogP contribution in [0, 0.1) is 5.92 Å². The topological polar surface area (TPSA) is 151 Å². The molecule has 4 N–H and O–H groups in total. The molecule has 0 atom stereocenters. The van der Waals surface area contributed by atoms with Crippen LogP contribution in [-0.2, 0) is 11.8 Å². The number of anilines is 3. The third kappa shape index (κ3) is 5.77. The van der Waals surface area contributed by atoms with E-state index < -0.39 is 6.03 Å². The molecule has 6 rings (SSSR count). The minimum atomic E-state index is -0.458. The minimum Gasteiger partial charge on any atom is -0.452 e. The van der Waals surface area contributed by atoms with Gasteiger partial charge in [0.25, 0.3) is 0 Å². The van der Waals surface area contributed by atoms with E-state index in [2.05, 4.69) is 30.8 Å². The van der Waals surface area contributed by atoms with Crippen molar-refractivity contribution in [1.29, 1.82) is 0 Å². The number of aliphatic hydroxyl groups excluding tert-OH is 1. The Morgan fingerprint density at radius 3 is 2.70 bits per heavy atom. The maximum absolute atomic E-state index is 13.4. The zero-order valence-corrected chi connectivity index (χ0v) is 23.5. The molecule has 43 heavy (non-hydrogen) atoms. The summed E-state index contributed by atoms with van der Waals surface area (Å²) in [5.74, 6) is 0.176. The van der Waals surface area contributed by atoms with Crippen molar-refractivity contribution in [3.05, 3.63) is 78.1 Å². The minimum absolute atomic E-state index is 0.0253. The highest BCUT2D eigenvalue weighted by Gasteiger charge is 2.30. The van der Waals surface area contributed by atoms with Gasteiger partial charge in [0, 0.05) is 73.5 Å². The number of hydrogen-bond acceptors (Lipinski definition) is 8. The van der Waals surface area contributed by atoms with Crippen molar-refractivity contribution in [2.75, 3.05) is 41.8 Å². The van der Waals surface area contributed by atoms with Crippen molar-refractivity contribution in [2.24, 2.45) is 13.0 Å². The van der Waals surface area contributed by atoms with E-state index in [4.69, 9.17) is 9.84 Å². The molecule has 0 spiro atoms. The first-order valence-corrected chi connectivity index (χ1v) is 14.0. The number of piperidine rings is 1. The SMILES string of the molecule is Cn1cc(C=C2Oc3ccc(NC(=O)Nc4cccnc4)cc3C2=O)c2c(N3CCC(C(=O)NCCO)CC3)ccnc21. The largest absolute Gasteiger partial charge is 0.452 e. The first kappa shape index (κ1) is 27.9. The molecule has 12 heteroatoms. The van der Waals surface area contributed by atoms with Crippen molar-refractivity contribution >= 4 is 51.9 Å². The van der Waals surface area contributed by atoms with Gasteiger partial charge in [-0.15, -0.1) is 0 Å². The Kier molecular flexibility index (Phi) is 7.75. The molecule has 0 radical (unpaired) electrons. The number of nitrogens with one attached hydrogen (secondary N) is 3. The van der Waals surface area contributed by atoms with Crippen LogP contribution in [0.15, 0.2) is 66.9 Å². The third-order valence-corrected chi connectivity index (χ3v) is 7.61. The molecule has 3 amide bonds. The number of pyridine rings is 2. The van der Waals surface area contributed by atoms with Crippen molar-refractivity contribution in [3.8, 4) is 5.75 Å². The second-order valence-electron chi connectivity index (χ2n) is 10.5. The normalized spacial score (nSPS) is 15.8. The lowest BCUT2D eigenvalue weighted by molar-refractivity contribution is -0.125. The van der Waals surface area contributed by atoms with Gasteiger partial charge in [0.1, 0.15) is 11.4 Å². The van der Waals surface area contributed by atoms with Gasteiger partial charge in [-0.2, -0.15) is 0 Å². The second kappa shape index (κ2) is 11.9. The summed E-state index contributed by atoms with van der Waals surface area (Å²) in [5.41, 5.74) is 3.87. The number of fused-ring (bicyclic) bond motifs is 2. The number of carbonyl (C=O) groups excluding carboxylic acids is 3. The van der Waals surface area contributed by atoms with Crippen LogP contribution in [0.25, 0.3) is 17.1 Å². The van der Waals surface area contributed by atoms with Gasteiger partial charge in [0.2, 0.25) is 11.7 Å². The van der Waals surface area contributed by atoms with Crippen molar-refractivity contribution in [3.63, 3.8) is 0 Å². The summed E-state index contributed by atoms with van der Waals surface area (Å²) in [4.78, 5) is 49.0. The number of aromatic nitrogens is 3. The van der Waals surface area contributed by atoms with E-state index in [9.17, 15) is 14.4 Å². The lowest BCUT2D eigenvalue weighted by Crippen LogP contribution is -2.41. The number of amides is 3.